The summed E-state index contributed by atoms with van der Waals surface area (Å²) in [4.78, 5) is 1.73. The van der Waals surface area contributed by atoms with E-state index in [2.05, 4.69) is 42.8 Å². The van der Waals surface area contributed by atoms with Crippen molar-refractivity contribution in [3.63, 3.8) is 0 Å². The fourth-order valence-electron chi connectivity index (χ4n) is 2.68. The van der Waals surface area contributed by atoms with Gasteiger partial charge in [-0.25, -0.2) is 0 Å². The highest BCUT2D eigenvalue weighted by atomic mass is 79.9. The zero-order valence-electron chi connectivity index (χ0n) is 14.4. The minimum atomic E-state index is -1.19. The second-order valence-corrected chi connectivity index (χ2v) is 9.21. The minimum Gasteiger partial charge on any atom is -0.606 e. The summed E-state index contributed by atoms with van der Waals surface area (Å²) < 4.78 is 14.2. The van der Waals surface area contributed by atoms with Crippen LogP contribution in [-0.2, 0) is 24.0 Å². The number of hydrogen-bond donors (Lipinski definition) is 0. The number of hydrogen-bond acceptors (Lipinski definition) is 1. The molecule has 0 saturated carbocycles. The van der Waals surface area contributed by atoms with Crippen LogP contribution in [0.5, 0.6) is 0 Å². The molecule has 130 valence electrons. The van der Waals surface area contributed by atoms with Gasteiger partial charge in [-0.1, -0.05) is 54.7 Å². The molecule has 0 aromatic heterocycles. The van der Waals surface area contributed by atoms with Crippen LogP contribution < -0.4 is 0 Å². The molecule has 0 spiro atoms. The molecule has 2 aromatic rings. The Bertz CT molecular complexity index is 687. The Labute approximate surface area is 162 Å². The fourth-order valence-corrected chi connectivity index (χ4v) is 4.59. The van der Waals surface area contributed by atoms with E-state index in [0.717, 1.165) is 45.5 Å². The van der Waals surface area contributed by atoms with Crippen molar-refractivity contribution in [3.8, 4) is 0 Å². The van der Waals surface area contributed by atoms with E-state index in [-0.39, 0.29) is 0 Å². The second kappa shape index (κ2) is 9.28. The van der Waals surface area contributed by atoms with Crippen molar-refractivity contribution in [2.75, 3.05) is 0 Å². The lowest BCUT2D eigenvalue weighted by Gasteiger charge is -2.16. The normalized spacial score (nSPS) is 12.6. The van der Waals surface area contributed by atoms with Gasteiger partial charge in [0, 0.05) is 26.2 Å². The number of benzene rings is 2. The Morgan fingerprint density at radius 1 is 1.12 bits per heavy atom. The number of aryl methyl sites for hydroxylation is 1. The summed E-state index contributed by atoms with van der Waals surface area (Å²) in [6.07, 6.45) is 4.16. The highest BCUT2D eigenvalue weighted by Crippen LogP contribution is 2.30. The van der Waals surface area contributed by atoms with Crippen molar-refractivity contribution < 1.29 is 4.55 Å². The number of rotatable bonds is 7. The van der Waals surface area contributed by atoms with Gasteiger partial charge in [-0.2, -0.15) is 0 Å². The van der Waals surface area contributed by atoms with E-state index in [4.69, 9.17) is 11.6 Å². The average Bonchev–Trinajstić information content (AvgIpc) is 2.53. The second-order valence-electron chi connectivity index (χ2n) is 6.48. The van der Waals surface area contributed by atoms with Crippen molar-refractivity contribution in [2.45, 2.75) is 56.2 Å². The first-order valence-electron chi connectivity index (χ1n) is 8.41. The molecule has 0 saturated heterocycles. The molecule has 2 rings (SSSR count). The van der Waals surface area contributed by atoms with E-state index in [1.165, 1.54) is 5.56 Å². The van der Waals surface area contributed by atoms with Crippen LogP contribution in [0.4, 0.5) is 0 Å². The van der Waals surface area contributed by atoms with Crippen LogP contribution >= 0.6 is 27.5 Å². The summed E-state index contributed by atoms with van der Waals surface area (Å²) in [5, 5.41) is 0.700. The molecule has 24 heavy (non-hydrogen) atoms. The zero-order chi connectivity index (χ0) is 17.7. The standard InChI is InChI=1S/C20H24BrClOS/c1-4-5-6-15-13-18(8-9-19(15)21)24(23)20-10-7-17(22)12-16(20)11-14(2)3/h7-10,12-14H,4-6,11H2,1-3H3. The predicted molar refractivity (Wildman–Crippen MR) is 107 cm³/mol. The summed E-state index contributed by atoms with van der Waals surface area (Å²) >= 11 is 8.57. The maximum absolute atomic E-state index is 13.1. The van der Waals surface area contributed by atoms with Gasteiger partial charge in [0.15, 0.2) is 9.79 Å². The van der Waals surface area contributed by atoms with Crippen LogP contribution in [0, 0.1) is 5.92 Å². The van der Waals surface area contributed by atoms with E-state index < -0.39 is 11.2 Å². The molecule has 0 bridgehead atoms. The lowest BCUT2D eigenvalue weighted by molar-refractivity contribution is 0.589. The molecule has 0 radical (unpaired) electrons. The van der Waals surface area contributed by atoms with Gasteiger partial charge in [-0.3, -0.25) is 0 Å². The van der Waals surface area contributed by atoms with Crippen LogP contribution in [0.15, 0.2) is 50.7 Å². The van der Waals surface area contributed by atoms with Crippen LogP contribution in [0.1, 0.15) is 44.7 Å². The van der Waals surface area contributed by atoms with Crippen molar-refractivity contribution in [1.29, 1.82) is 0 Å². The maximum atomic E-state index is 13.1. The summed E-state index contributed by atoms with van der Waals surface area (Å²) in [6, 6.07) is 11.7. The van der Waals surface area contributed by atoms with Gasteiger partial charge < -0.3 is 4.55 Å². The summed E-state index contributed by atoms with van der Waals surface area (Å²) in [7, 11) is 0. The first-order chi connectivity index (χ1) is 11.4. The van der Waals surface area contributed by atoms with Gasteiger partial charge in [0.25, 0.3) is 0 Å². The molecule has 2 aromatic carbocycles. The van der Waals surface area contributed by atoms with Gasteiger partial charge in [-0.15, -0.1) is 0 Å². The Morgan fingerprint density at radius 2 is 1.88 bits per heavy atom. The summed E-state index contributed by atoms with van der Waals surface area (Å²) in [6.45, 7) is 6.51. The van der Waals surface area contributed by atoms with Crippen molar-refractivity contribution in [2.24, 2.45) is 5.92 Å². The molecule has 1 nitrogen and oxygen atoms in total. The Balaban J connectivity index is 2.36. The lowest BCUT2D eigenvalue weighted by atomic mass is 10.0. The van der Waals surface area contributed by atoms with E-state index in [9.17, 15) is 4.55 Å². The Hall–Kier alpha value is -0.480. The van der Waals surface area contributed by atoms with Crippen LogP contribution in [0.3, 0.4) is 0 Å². The van der Waals surface area contributed by atoms with Gasteiger partial charge in [0.05, 0.1) is 0 Å². The molecule has 4 heteroatoms. The van der Waals surface area contributed by atoms with Gasteiger partial charge in [-0.05, 0) is 67.1 Å². The van der Waals surface area contributed by atoms with Gasteiger partial charge >= 0.3 is 0 Å². The molecule has 0 heterocycles. The Kier molecular flexibility index (Phi) is 7.67. The molecule has 0 fully saturated rings. The lowest BCUT2D eigenvalue weighted by Crippen LogP contribution is -2.08. The quantitative estimate of drug-likeness (QED) is 0.445. The maximum Gasteiger partial charge on any atom is 0.161 e. The largest absolute Gasteiger partial charge is 0.606 e. The SMILES string of the molecule is CCCCc1cc([S+]([O-])c2ccc(Cl)cc2CC(C)C)ccc1Br. The Morgan fingerprint density at radius 3 is 2.54 bits per heavy atom. The van der Waals surface area contributed by atoms with Gasteiger partial charge in [0.1, 0.15) is 0 Å². The molecule has 0 aliphatic heterocycles. The fraction of sp³-hybridized carbons (Fsp3) is 0.400. The summed E-state index contributed by atoms with van der Waals surface area (Å²) in [5.74, 6) is 0.490. The van der Waals surface area contributed by atoms with Gasteiger partial charge in [0.2, 0.25) is 0 Å². The first-order valence-corrected chi connectivity index (χ1v) is 10.7. The molecule has 0 aliphatic carbocycles. The van der Waals surface area contributed by atoms with Crippen LogP contribution in [0.2, 0.25) is 5.02 Å². The molecule has 1 atom stereocenters. The molecule has 0 N–H and O–H groups in total. The monoisotopic (exact) mass is 426 g/mol. The van der Waals surface area contributed by atoms with E-state index in [1.807, 2.05) is 30.3 Å². The molecule has 0 amide bonds. The van der Waals surface area contributed by atoms with Crippen molar-refractivity contribution >= 4 is 38.7 Å². The molecule has 1 unspecified atom stereocenters. The van der Waals surface area contributed by atoms with Crippen LogP contribution in [0.25, 0.3) is 0 Å². The highest BCUT2D eigenvalue weighted by molar-refractivity contribution is 9.10. The molecule has 0 aliphatic rings. The topological polar surface area (TPSA) is 23.1 Å². The predicted octanol–water partition coefficient (Wildman–Crippen LogP) is 6.81. The van der Waals surface area contributed by atoms with E-state index in [0.29, 0.717) is 10.9 Å². The number of halogens is 2. The number of unbranched alkanes of at least 4 members (excludes halogenated alkanes) is 1. The molecular formula is C20H24BrClOS. The zero-order valence-corrected chi connectivity index (χ0v) is 17.6. The van der Waals surface area contributed by atoms with Crippen LogP contribution in [-0.4, -0.2) is 4.55 Å². The summed E-state index contributed by atoms with van der Waals surface area (Å²) in [5.41, 5.74) is 2.30. The third-order valence-electron chi connectivity index (χ3n) is 3.88. The van der Waals surface area contributed by atoms with Crippen molar-refractivity contribution in [3.05, 3.63) is 57.0 Å². The third kappa shape index (κ3) is 5.26. The van der Waals surface area contributed by atoms with Crippen molar-refractivity contribution in [1.82, 2.24) is 0 Å². The average molecular weight is 428 g/mol. The first kappa shape index (κ1) is 19.8. The third-order valence-corrected chi connectivity index (χ3v) is 6.37. The highest BCUT2D eigenvalue weighted by Gasteiger charge is 2.21. The smallest absolute Gasteiger partial charge is 0.161 e. The van der Waals surface area contributed by atoms with E-state index >= 15 is 0 Å². The molecular weight excluding hydrogens is 404 g/mol. The van der Waals surface area contributed by atoms with E-state index in [1.54, 1.807) is 0 Å². The minimum absolute atomic E-state index is 0.490.